The zero-order valence-corrected chi connectivity index (χ0v) is 24.9. The van der Waals surface area contributed by atoms with Gasteiger partial charge in [0.15, 0.2) is 0 Å². The summed E-state index contributed by atoms with van der Waals surface area (Å²) in [5, 5.41) is 0. The molecule has 1 aliphatic rings. The lowest BCUT2D eigenvalue weighted by atomic mass is 9.86. The maximum Gasteiger partial charge on any atom is 0.264 e. The van der Waals surface area contributed by atoms with Crippen LogP contribution in [0.3, 0.4) is 0 Å². The standard InChI is InChI=1S/C32H34N4O4S/c1-20-9-7-10-21(2)29(20)26-18-28-34-31(33-26)35-41(38,39)25-12-8-11-23(17-25)30(37)36(6)19-27(40-28)22-13-15-24(16-14-22)32(3,4)5/h7-18,27H,19H2,1-6H3,(H,33,34,35)/t27-/m0/s1. The number of likely N-dealkylation sites (N-methyl/N-ethyl adjacent to an activating group) is 1. The lowest BCUT2D eigenvalue weighted by Gasteiger charge is -2.26. The second kappa shape index (κ2) is 10.6. The number of anilines is 1. The lowest BCUT2D eigenvalue weighted by Crippen LogP contribution is -2.33. The van der Waals surface area contributed by atoms with Crippen LogP contribution in [0.4, 0.5) is 5.95 Å². The third kappa shape index (κ3) is 5.95. The molecule has 5 rings (SSSR count). The zero-order chi connectivity index (χ0) is 29.5. The quantitative estimate of drug-likeness (QED) is 0.314. The van der Waals surface area contributed by atoms with Gasteiger partial charge in [-0.25, -0.2) is 18.1 Å². The van der Waals surface area contributed by atoms with Gasteiger partial charge in [0.05, 0.1) is 17.1 Å². The van der Waals surface area contributed by atoms with Crippen molar-refractivity contribution < 1.29 is 17.9 Å². The predicted molar refractivity (Wildman–Crippen MR) is 160 cm³/mol. The molecule has 1 atom stereocenters. The number of amides is 1. The van der Waals surface area contributed by atoms with Crippen LogP contribution in [0.25, 0.3) is 11.3 Å². The number of hydrogen-bond acceptors (Lipinski definition) is 6. The normalized spacial score (nSPS) is 17.0. The van der Waals surface area contributed by atoms with E-state index >= 15 is 0 Å². The monoisotopic (exact) mass is 570 g/mol. The molecule has 1 aromatic heterocycles. The molecule has 0 aliphatic carbocycles. The van der Waals surface area contributed by atoms with Crippen LogP contribution in [0.5, 0.6) is 5.88 Å². The van der Waals surface area contributed by atoms with E-state index in [1.165, 1.54) is 22.6 Å². The van der Waals surface area contributed by atoms with Gasteiger partial charge in [-0.3, -0.25) is 4.79 Å². The Balaban J connectivity index is 1.69. The number of aryl methyl sites for hydroxylation is 2. The molecule has 2 heterocycles. The topological polar surface area (TPSA) is 101 Å². The van der Waals surface area contributed by atoms with E-state index in [1.807, 2.05) is 44.2 Å². The van der Waals surface area contributed by atoms with Gasteiger partial charge in [0, 0.05) is 24.2 Å². The predicted octanol–water partition coefficient (Wildman–Crippen LogP) is 6.06. The number of nitrogens with one attached hydrogen (secondary N) is 1. The first-order chi connectivity index (χ1) is 19.3. The van der Waals surface area contributed by atoms with Gasteiger partial charge in [0.25, 0.3) is 15.9 Å². The van der Waals surface area contributed by atoms with Crippen molar-refractivity contribution >= 4 is 21.9 Å². The number of rotatable bonds is 2. The fourth-order valence-electron chi connectivity index (χ4n) is 4.96. The minimum Gasteiger partial charge on any atom is -0.467 e. The number of hydrogen-bond donors (Lipinski definition) is 1. The molecule has 4 bridgehead atoms. The van der Waals surface area contributed by atoms with Crippen LogP contribution in [-0.4, -0.2) is 42.8 Å². The summed E-state index contributed by atoms with van der Waals surface area (Å²) in [7, 11) is -2.43. The van der Waals surface area contributed by atoms with Crippen LogP contribution in [0.1, 0.15) is 59.5 Å². The van der Waals surface area contributed by atoms with E-state index in [0.29, 0.717) is 5.69 Å². The highest BCUT2D eigenvalue weighted by Gasteiger charge is 2.26. The van der Waals surface area contributed by atoms with E-state index < -0.39 is 16.1 Å². The van der Waals surface area contributed by atoms with Crippen LogP contribution < -0.4 is 9.46 Å². The lowest BCUT2D eigenvalue weighted by molar-refractivity contribution is 0.0706. The highest BCUT2D eigenvalue weighted by molar-refractivity contribution is 7.92. The molecule has 9 heteroatoms. The Kier molecular flexibility index (Phi) is 7.33. The van der Waals surface area contributed by atoms with Crippen molar-refractivity contribution in [3.63, 3.8) is 0 Å². The second-order valence-corrected chi connectivity index (χ2v) is 13.2. The van der Waals surface area contributed by atoms with Gasteiger partial charge in [0.1, 0.15) is 6.10 Å². The molecule has 1 aliphatic heterocycles. The molecule has 3 aromatic carbocycles. The Hall–Kier alpha value is -4.24. The molecule has 0 spiro atoms. The smallest absolute Gasteiger partial charge is 0.264 e. The molecular weight excluding hydrogens is 536 g/mol. The number of carbonyl (C=O) groups is 1. The largest absolute Gasteiger partial charge is 0.467 e. The van der Waals surface area contributed by atoms with Gasteiger partial charge in [0.2, 0.25) is 11.8 Å². The highest BCUT2D eigenvalue weighted by Crippen LogP contribution is 2.32. The number of fused-ring (bicyclic) bond motifs is 4. The van der Waals surface area contributed by atoms with Gasteiger partial charge >= 0.3 is 0 Å². The molecule has 0 unspecified atom stereocenters. The van der Waals surface area contributed by atoms with E-state index in [1.54, 1.807) is 25.2 Å². The van der Waals surface area contributed by atoms with Gasteiger partial charge in [-0.05, 0) is 59.7 Å². The van der Waals surface area contributed by atoms with Gasteiger partial charge in [-0.1, -0.05) is 69.3 Å². The molecular formula is C32H34N4O4S. The molecule has 0 fully saturated rings. The molecule has 41 heavy (non-hydrogen) atoms. The van der Waals surface area contributed by atoms with E-state index in [-0.39, 0.29) is 40.2 Å². The molecule has 4 aromatic rings. The third-order valence-electron chi connectivity index (χ3n) is 7.25. The van der Waals surface area contributed by atoms with E-state index in [4.69, 9.17) is 4.74 Å². The van der Waals surface area contributed by atoms with E-state index in [2.05, 4.69) is 47.6 Å². The molecule has 1 amide bonds. The number of aromatic nitrogens is 2. The van der Waals surface area contributed by atoms with Crippen molar-refractivity contribution in [1.29, 1.82) is 0 Å². The summed E-state index contributed by atoms with van der Waals surface area (Å²) in [6.07, 6.45) is -0.591. The maximum absolute atomic E-state index is 13.4. The maximum atomic E-state index is 13.4. The number of benzene rings is 3. The van der Waals surface area contributed by atoms with Crippen LogP contribution in [0.15, 0.2) is 77.7 Å². The van der Waals surface area contributed by atoms with Gasteiger partial charge in [-0.15, -0.1) is 0 Å². The van der Waals surface area contributed by atoms with Crippen LogP contribution >= 0.6 is 0 Å². The van der Waals surface area contributed by atoms with Crippen molar-refractivity contribution in [2.24, 2.45) is 0 Å². The Bertz CT molecular complexity index is 1710. The van der Waals surface area contributed by atoms with Crippen molar-refractivity contribution in [2.75, 3.05) is 18.3 Å². The Morgan fingerprint density at radius 2 is 1.59 bits per heavy atom. The molecule has 0 saturated carbocycles. The summed E-state index contributed by atoms with van der Waals surface area (Å²) < 4.78 is 35.8. The first kappa shape index (κ1) is 28.3. The van der Waals surface area contributed by atoms with Crippen LogP contribution in [0.2, 0.25) is 0 Å². The first-order valence-corrected chi connectivity index (χ1v) is 14.9. The number of sulfonamides is 1. The summed E-state index contributed by atoms with van der Waals surface area (Å²) in [6, 6.07) is 21.7. The number of nitrogens with zero attached hydrogens (tertiary/aromatic N) is 3. The SMILES string of the molecule is Cc1cccc(C)c1-c1cc2nc(n1)NS(=O)(=O)c1cccc(c1)C(=O)N(C)C[C@@H](c1ccc(C(C)(C)C)cc1)O2. The zero-order valence-electron chi connectivity index (χ0n) is 24.1. The van der Waals surface area contributed by atoms with E-state index in [0.717, 1.165) is 22.3 Å². The summed E-state index contributed by atoms with van der Waals surface area (Å²) in [4.78, 5) is 23.9. The Morgan fingerprint density at radius 3 is 2.24 bits per heavy atom. The van der Waals surface area contributed by atoms with Crippen LogP contribution in [0, 0.1) is 13.8 Å². The van der Waals surface area contributed by atoms with Gasteiger partial charge in [-0.2, -0.15) is 4.98 Å². The summed E-state index contributed by atoms with van der Waals surface area (Å²) in [6.45, 7) is 10.6. The number of ether oxygens (including phenoxy) is 1. The summed E-state index contributed by atoms with van der Waals surface area (Å²) in [5.74, 6) is -0.256. The minimum atomic E-state index is -4.10. The van der Waals surface area contributed by atoms with E-state index in [9.17, 15) is 13.2 Å². The fourth-order valence-corrected chi connectivity index (χ4v) is 5.95. The molecule has 1 N–H and O–H groups in total. The highest BCUT2D eigenvalue weighted by atomic mass is 32.2. The number of carbonyl (C=O) groups excluding carboxylic acids is 1. The van der Waals surface area contributed by atoms with Crippen molar-refractivity contribution in [3.8, 4) is 17.1 Å². The average Bonchev–Trinajstić information content (AvgIpc) is 2.91. The average molecular weight is 571 g/mol. The first-order valence-electron chi connectivity index (χ1n) is 13.4. The van der Waals surface area contributed by atoms with Crippen molar-refractivity contribution in [1.82, 2.24) is 14.9 Å². The summed E-state index contributed by atoms with van der Waals surface area (Å²) >= 11 is 0. The van der Waals surface area contributed by atoms with Crippen molar-refractivity contribution in [3.05, 3.63) is 101 Å². The Morgan fingerprint density at radius 1 is 0.927 bits per heavy atom. The second-order valence-electron chi connectivity index (χ2n) is 11.5. The fraction of sp³-hybridized carbons (Fsp3) is 0.281. The molecule has 0 saturated heterocycles. The van der Waals surface area contributed by atoms with Crippen LogP contribution in [-0.2, 0) is 15.4 Å². The Labute approximate surface area is 241 Å². The molecule has 0 radical (unpaired) electrons. The van der Waals surface area contributed by atoms with Crippen molar-refractivity contribution in [2.45, 2.75) is 51.0 Å². The summed E-state index contributed by atoms with van der Waals surface area (Å²) in [5.41, 5.74) is 5.60. The molecule has 212 valence electrons. The third-order valence-corrected chi connectivity index (χ3v) is 8.58. The minimum absolute atomic E-state index is 0.0269. The molecule has 8 nitrogen and oxygen atoms in total. The van der Waals surface area contributed by atoms with Gasteiger partial charge < -0.3 is 9.64 Å².